The zero-order chi connectivity index (χ0) is 5.15. The van der Waals surface area contributed by atoms with E-state index in [4.69, 9.17) is 7.85 Å². The first-order chi connectivity index (χ1) is 2.64. The minimum atomic E-state index is -0.241. The largest absolute Gasteiger partial charge is 0.312 e. The van der Waals surface area contributed by atoms with Crippen molar-refractivity contribution >= 4 is 13.5 Å². The Morgan fingerprint density at radius 1 is 1.67 bits per heavy atom. The van der Waals surface area contributed by atoms with Crippen molar-refractivity contribution < 1.29 is 4.79 Å². The van der Waals surface area contributed by atoms with Crippen molar-refractivity contribution in [3.05, 3.63) is 0 Å². The molecule has 0 saturated heterocycles. The predicted molar refractivity (Wildman–Crippen MR) is 25.6 cm³/mol. The molecule has 0 unspecified atom stereocenters. The Balaban J connectivity index is 3.26. The first-order valence-corrected chi connectivity index (χ1v) is 1.94. The molecule has 2 heteroatoms. The van der Waals surface area contributed by atoms with Gasteiger partial charge in [-0.05, 0) is 0 Å². The Bertz CT molecular complexity index is 58.6. The van der Waals surface area contributed by atoms with Crippen LogP contribution in [0.5, 0.6) is 0 Å². The van der Waals surface area contributed by atoms with Crippen LogP contribution >= 0.6 is 0 Å². The van der Waals surface area contributed by atoms with Crippen LogP contribution in [0.25, 0.3) is 0 Å². The lowest BCUT2D eigenvalue weighted by Crippen LogP contribution is -2.04. The number of carbonyl (C=O) groups is 1. The molecule has 32 valence electrons. The van der Waals surface area contributed by atoms with E-state index in [0.717, 1.165) is 0 Å². The predicted octanol–water partition coefficient (Wildman–Crippen LogP) is 0.337. The first kappa shape index (κ1) is 5.73. The number of hydrogen-bond donors (Lipinski definition) is 0. The highest BCUT2D eigenvalue weighted by molar-refractivity contribution is 6.58. The van der Waals surface area contributed by atoms with Gasteiger partial charge in [-0.25, -0.2) is 0 Å². The summed E-state index contributed by atoms with van der Waals surface area (Å²) in [5, 5.41) is 0. The molecular formula is C4H7BO. The molecule has 0 amide bonds. The number of carbonyl (C=O) groups excluding carboxylic acids is 1. The summed E-state index contributed by atoms with van der Waals surface area (Å²) in [5.74, 6) is -0.00926. The average molecular weight is 81.9 g/mol. The summed E-state index contributed by atoms with van der Waals surface area (Å²) in [4.78, 5) is 9.92. The maximum Gasteiger partial charge on any atom is 0.168 e. The molecular weight excluding hydrogens is 74.9 g/mol. The molecule has 6 heavy (non-hydrogen) atoms. The summed E-state index contributed by atoms with van der Waals surface area (Å²) >= 11 is 0. The maximum atomic E-state index is 9.92. The summed E-state index contributed by atoms with van der Waals surface area (Å²) in [6.07, 6.45) is 0. The monoisotopic (exact) mass is 82.1 g/mol. The second kappa shape index (κ2) is 2.01. The molecule has 2 radical (unpaired) electrons. The standard InChI is InChI=1S/C4H7BO/c1-3(2)4(5)6/h3H,1-2H3. The SMILES string of the molecule is [B]C(=O)C(C)C. The molecule has 0 rings (SSSR count). The molecule has 0 aromatic heterocycles. The molecule has 0 aromatic carbocycles. The summed E-state index contributed by atoms with van der Waals surface area (Å²) in [7, 11) is 4.80. The Morgan fingerprint density at radius 2 is 1.83 bits per heavy atom. The van der Waals surface area contributed by atoms with E-state index in [0.29, 0.717) is 0 Å². The van der Waals surface area contributed by atoms with Crippen LogP contribution in [0.15, 0.2) is 0 Å². The van der Waals surface area contributed by atoms with E-state index in [-0.39, 0.29) is 11.6 Å². The fourth-order valence-electron chi connectivity index (χ4n) is 0. The smallest absolute Gasteiger partial charge is 0.168 e. The van der Waals surface area contributed by atoms with Crippen molar-refractivity contribution in [3.63, 3.8) is 0 Å². The summed E-state index contributed by atoms with van der Waals surface area (Å²) in [6.45, 7) is 3.53. The van der Waals surface area contributed by atoms with Crippen LogP contribution in [-0.2, 0) is 4.79 Å². The van der Waals surface area contributed by atoms with Gasteiger partial charge in [-0.1, -0.05) is 13.8 Å². The second-order valence-corrected chi connectivity index (χ2v) is 1.56. The van der Waals surface area contributed by atoms with Crippen LogP contribution in [-0.4, -0.2) is 13.5 Å². The Morgan fingerprint density at radius 3 is 1.83 bits per heavy atom. The lowest BCUT2D eigenvalue weighted by atomic mass is 9.92. The van der Waals surface area contributed by atoms with Crippen LogP contribution in [0.4, 0.5) is 0 Å². The molecule has 0 aliphatic rings. The molecule has 0 spiro atoms. The minimum absolute atomic E-state index is 0.00926. The van der Waals surface area contributed by atoms with E-state index in [1.54, 1.807) is 13.8 Å². The van der Waals surface area contributed by atoms with Gasteiger partial charge in [0.25, 0.3) is 0 Å². The summed E-state index contributed by atoms with van der Waals surface area (Å²) < 4.78 is 0. The first-order valence-electron chi connectivity index (χ1n) is 1.94. The zero-order valence-corrected chi connectivity index (χ0v) is 4.06. The van der Waals surface area contributed by atoms with Gasteiger partial charge < -0.3 is 4.79 Å². The topological polar surface area (TPSA) is 17.1 Å². The maximum absolute atomic E-state index is 9.92. The Kier molecular flexibility index (Phi) is 1.92. The molecule has 0 atom stereocenters. The number of hydrogen-bond acceptors (Lipinski definition) is 1. The van der Waals surface area contributed by atoms with Gasteiger partial charge in [-0.15, -0.1) is 0 Å². The molecule has 0 saturated carbocycles. The summed E-state index contributed by atoms with van der Waals surface area (Å²) in [5.41, 5.74) is -0.241. The van der Waals surface area contributed by atoms with Crippen molar-refractivity contribution in [1.29, 1.82) is 0 Å². The Hall–Kier alpha value is -0.265. The van der Waals surface area contributed by atoms with Crippen molar-refractivity contribution in [2.75, 3.05) is 0 Å². The van der Waals surface area contributed by atoms with E-state index in [1.165, 1.54) is 0 Å². The Labute approximate surface area is 39.1 Å². The van der Waals surface area contributed by atoms with Gasteiger partial charge in [0, 0.05) is 5.92 Å². The van der Waals surface area contributed by atoms with Gasteiger partial charge in [0.1, 0.15) is 0 Å². The average Bonchev–Trinajstić information content (AvgIpc) is 1.36. The fourth-order valence-corrected chi connectivity index (χ4v) is 0. The van der Waals surface area contributed by atoms with E-state index in [9.17, 15) is 4.79 Å². The van der Waals surface area contributed by atoms with E-state index >= 15 is 0 Å². The van der Waals surface area contributed by atoms with Crippen molar-refractivity contribution in [2.45, 2.75) is 13.8 Å². The van der Waals surface area contributed by atoms with Crippen LogP contribution < -0.4 is 0 Å². The molecule has 0 fully saturated rings. The van der Waals surface area contributed by atoms with Crippen molar-refractivity contribution in [2.24, 2.45) is 5.92 Å². The molecule has 0 aliphatic heterocycles. The highest BCUT2D eigenvalue weighted by atomic mass is 16.1. The lowest BCUT2D eigenvalue weighted by Gasteiger charge is -1.91. The van der Waals surface area contributed by atoms with Crippen molar-refractivity contribution in [3.8, 4) is 0 Å². The van der Waals surface area contributed by atoms with Crippen molar-refractivity contribution in [1.82, 2.24) is 0 Å². The third-order valence-electron chi connectivity index (χ3n) is 0.569. The highest BCUT2D eigenvalue weighted by Crippen LogP contribution is 1.86. The minimum Gasteiger partial charge on any atom is -0.312 e. The van der Waals surface area contributed by atoms with Crippen LogP contribution in [0.1, 0.15) is 13.8 Å². The van der Waals surface area contributed by atoms with Crippen LogP contribution in [0.3, 0.4) is 0 Å². The molecule has 0 aromatic rings. The third kappa shape index (κ3) is 2.00. The van der Waals surface area contributed by atoms with Gasteiger partial charge in [0.05, 0.1) is 5.68 Å². The fraction of sp³-hybridized carbons (Fsp3) is 0.750. The highest BCUT2D eigenvalue weighted by Gasteiger charge is 1.94. The van der Waals surface area contributed by atoms with E-state index < -0.39 is 0 Å². The van der Waals surface area contributed by atoms with E-state index in [1.807, 2.05) is 0 Å². The number of rotatable bonds is 1. The molecule has 0 N–H and O–H groups in total. The third-order valence-corrected chi connectivity index (χ3v) is 0.569. The van der Waals surface area contributed by atoms with Gasteiger partial charge in [-0.3, -0.25) is 0 Å². The van der Waals surface area contributed by atoms with Crippen LogP contribution in [0.2, 0.25) is 0 Å². The quantitative estimate of drug-likeness (QED) is 0.417. The van der Waals surface area contributed by atoms with Gasteiger partial charge in [0.2, 0.25) is 0 Å². The zero-order valence-electron chi connectivity index (χ0n) is 4.06. The van der Waals surface area contributed by atoms with Gasteiger partial charge in [0.15, 0.2) is 7.85 Å². The summed E-state index contributed by atoms with van der Waals surface area (Å²) in [6, 6.07) is 0. The second-order valence-electron chi connectivity index (χ2n) is 1.56. The molecule has 0 aliphatic carbocycles. The van der Waals surface area contributed by atoms with Gasteiger partial charge >= 0.3 is 0 Å². The molecule has 0 bridgehead atoms. The lowest BCUT2D eigenvalue weighted by molar-refractivity contribution is -0.114. The van der Waals surface area contributed by atoms with E-state index in [2.05, 4.69) is 0 Å². The molecule has 1 nitrogen and oxygen atoms in total. The van der Waals surface area contributed by atoms with Crippen LogP contribution in [0, 0.1) is 5.92 Å². The molecule has 0 heterocycles. The normalized spacial score (nSPS) is 9.17. The van der Waals surface area contributed by atoms with Gasteiger partial charge in [-0.2, -0.15) is 0 Å².